The van der Waals surface area contributed by atoms with E-state index in [-0.39, 0.29) is 17.5 Å². The van der Waals surface area contributed by atoms with E-state index in [1.54, 1.807) is 38.3 Å². The van der Waals surface area contributed by atoms with E-state index in [0.29, 0.717) is 33.7 Å². The molecule has 2 N–H and O–H groups in total. The topological polar surface area (TPSA) is 89.3 Å². The number of rotatable bonds is 8. The molecule has 0 amide bonds. The zero-order chi connectivity index (χ0) is 19.3. The molecule has 1 heterocycles. The number of ether oxygens (including phenoxy) is 1. The van der Waals surface area contributed by atoms with E-state index in [2.05, 4.69) is 15.6 Å². The Morgan fingerprint density at radius 2 is 2.04 bits per heavy atom. The van der Waals surface area contributed by atoms with Crippen LogP contribution < -0.4 is 10.6 Å². The predicted octanol–water partition coefficient (Wildman–Crippen LogP) is 5.19. The fourth-order valence-electron chi connectivity index (χ4n) is 2.45. The Hall–Kier alpha value is -2.09. The lowest BCUT2D eigenvalue weighted by molar-refractivity contribution is -0.383. The van der Waals surface area contributed by atoms with E-state index in [9.17, 15) is 10.1 Å². The van der Waals surface area contributed by atoms with Crippen LogP contribution in [0.25, 0.3) is 0 Å². The summed E-state index contributed by atoms with van der Waals surface area (Å²) in [5, 5.41) is 18.6. The lowest BCUT2D eigenvalue weighted by Gasteiger charge is -2.19. The van der Waals surface area contributed by atoms with Crippen LogP contribution in [0.3, 0.4) is 0 Å². The summed E-state index contributed by atoms with van der Waals surface area (Å²) in [6.45, 7) is 4.17. The highest BCUT2D eigenvalue weighted by molar-refractivity contribution is 6.36. The third-order valence-electron chi connectivity index (χ3n) is 3.71. The molecule has 0 saturated carbocycles. The van der Waals surface area contributed by atoms with E-state index >= 15 is 0 Å². The molecule has 2 aromatic rings. The molecule has 26 heavy (non-hydrogen) atoms. The Balaban J connectivity index is 2.46. The number of pyridine rings is 1. The summed E-state index contributed by atoms with van der Waals surface area (Å²) in [5.74, 6) is 0.106. The van der Waals surface area contributed by atoms with Gasteiger partial charge >= 0.3 is 5.69 Å². The van der Waals surface area contributed by atoms with Gasteiger partial charge in [0.25, 0.3) is 0 Å². The molecule has 0 fully saturated rings. The Labute approximate surface area is 161 Å². The third kappa shape index (κ3) is 4.97. The highest BCUT2D eigenvalue weighted by Crippen LogP contribution is 2.36. The molecular formula is C17H20Cl2N4O3. The number of hydrogen-bond donors (Lipinski definition) is 2. The summed E-state index contributed by atoms with van der Waals surface area (Å²) in [7, 11) is 1.59. The van der Waals surface area contributed by atoms with Gasteiger partial charge in [-0.05, 0) is 37.6 Å². The first kappa shape index (κ1) is 20.2. The molecule has 0 aliphatic rings. The number of hydrogen-bond acceptors (Lipinski definition) is 6. The second kappa shape index (κ2) is 9.02. The molecule has 1 aromatic carbocycles. The molecule has 1 atom stereocenters. The van der Waals surface area contributed by atoms with Crippen molar-refractivity contribution in [3.05, 3.63) is 50.1 Å². The number of methoxy groups -OCH3 is 1. The Kier molecular flexibility index (Phi) is 7.02. The normalized spacial score (nSPS) is 11.9. The van der Waals surface area contributed by atoms with Gasteiger partial charge in [0, 0.05) is 23.9 Å². The van der Waals surface area contributed by atoms with Crippen LogP contribution in [0.15, 0.2) is 24.3 Å². The zero-order valence-corrected chi connectivity index (χ0v) is 16.2. The molecule has 1 unspecified atom stereocenters. The minimum Gasteiger partial charge on any atom is -0.383 e. The van der Waals surface area contributed by atoms with Crippen molar-refractivity contribution in [3.8, 4) is 0 Å². The fourth-order valence-corrected chi connectivity index (χ4v) is 2.91. The maximum Gasteiger partial charge on any atom is 0.334 e. The first-order chi connectivity index (χ1) is 12.3. The molecule has 0 aliphatic carbocycles. The highest BCUT2D eigenvalue weighted by atomic mass is 35.5. The molecule has 0 spiro atoms. The van der Waals surface area contributed by atoms with Crippen LogP contribution in [0.5, 0.6) is 0 Å². The van der Waals surface area contributed by atoms with Gasteiger partial charge in [0.2, 0.25) is 5.82 Å². The van der Waals surface area contributed by atoms with Gasteiger partial charge in [-0.3, -0.25) is 10.1 Å². The van der Waals surface area contributed by atoms with Crippen molar-refractivity contribution in [2.24, 2.45) is 0 Å². The lowest BCUT2D eigenvalue weighted by Crippen LogP contribution is -2.24. The third-order valence-corrected chi connectivity index (χ3v) is 4.26. The predicted molar refractivity (Wildman–Crippen MR) is 105 cm³/mol. The van der Waals surface area contributed by atoms with Crippen molar-refractivity contribution in [2.75, 3.05) is 24.4 Å². The van der Waals surface area contributed by atoms with Gasteiger partial charge in [-0.2, -0.15) is 0 Å². The molecule has 9 heteroatoms. The highest BCUT2D eigenvalue weighted by Gasteiger charge is 2.24. The second-order valence-electron chi connectivity index (χ2n) is 5.72. The van der Waals surface area contributed by atoms with Crippen molar-refractivity contribution in [3.63, 3.8) is 0 Å². The van der Waals surface area contributed by atoms with Crippen LogP contribution in [-0.4, -0.2) is 29.7 Å². The fraction of sp³-hybridized carbons (Fsp3) is 0.353. The average Bonchev–Trinajstić information content (AvgIpc) is 2.56. The SMILES string of the molecule is CCC(COC)Nc1cc(C)nc(Nc2ccc(Cl)cc2Cl)c1[N+](=O)[O-]. The van der Waals surface area contributed by atoms with E-state index in [4.69, 9.17) is 27.9 Å². The summed E-state index contributed by atoms with van der Waals surface area (Å²) in [6, 6.07) is 6.42. The van der Waals surface area contributed by atoms with Crippen molar-refractivity contribution in [1.29, 1.82) is 0 Å². The molecule has 0 radical (unpaired) electrons. The summed E-state index contributed by atoms with van der Waals surface area (Å²) >= 11 is 12.1. The average molecular weight is 399 g/mol. The first-order valence-corrected chi connectivity index (χ1v) is 8.74. The van der Waals surface area contributed by atoms with Crippen LogP contribution in [0.4, 0.5) is 22.9 Å². The Morgan fingerprint density at radius 1 is 1.31 bits per heavy atom. The van der Waals surface area contributed by atoms with Crippen LogP contribution in [0.2, 0.25) is 10.0 Å². The molecule has 0 saturated heterocycles. The van der Waals surface area contributed by atoms with Crippen LogP contribution in [0, 0.1) is 17.0 Å². The standard InChI is InChI=1S/C17H20Cl2N4O3/c1-4-12(9-26-3)21-15-7-10(2)20-17(16(15)23(24)25)22-14-6-5-11(18)8-13(14)19/h5-8,12H,4,9H2,1-3H3,(H2,20,21,22). The van der Waals surface area contributed by atoms with Crippen LogP contribution in [-0.2, 0) is 4.74 Å². The van der Waals surface area contributed by atoms with Crippen molar-refractivity contribution >= 4 is 46.1 Å². The molecule has 1 aromatic heterocycles. The second-order valence-corrected chi connectivity index (χ2v) is 6.56. The monoisotopic (exact) mass is 398 g/mol. The van der Waals surface area contributed by atoms with Gasteiger partial charge in [0.1, 0.15) is 5.69 Å². The summed E-state index contributed by atoms with van der Waals surface area (Å²) < 4.78 is 5.16. The minimum atomic E-state index is -0.472. The summed E-state index contributed by atoms with van der Waals surface area (Å²) in [6.07, 6.45) is 0.748. The van der Waals surface area contributed by atoms with Crippen molar-refractivity contribution in [2.45, 2.75) is 26.3 Å². The number of nitrogens with zero attached hydrogens (tertiary/aromatic N) is 2. The summed E-state index contributed by atoms with van der Waals surface area (Å²) in [5.41, 5.74) is 1.32. The minimum absolute atomic E-state index is 0.0625. The zero-order valence-electron chi connectivity index (χ0n) is 14.7. The van der Waals surface area contributed by atoms with Crippen molar-refractivity contribution in [1.82, 2.24) is 4.98 Å². The lowest BCUT2D eigenvalue weighted by atomic mass is 10.2. The summed E-state index contributed by atoms with van der Waals surface area (Å²) in [4.78, 5) is 15.5. The number of aryl methyl sites for hydroxylation is 1. The van der Waals surface area contributed by atoms with Crippen molar-refractivity contribution < 1.29 is 9.66 Å². The largest absolute Gasteiger partial charge is 0.383 e. The van der Waals surface area contributed by atoms with E-state index < -0.39 is 4.92 Å². The van der Waals surface area contributed by atoms with Gasteiger partial charge in [-0.15, -0.1) is 0 Å². The molecule has 0 bridgehead atoms. The Morgan fingerprint density at radius 3 is 2.62 bits per heavy atom. The molecule has 0 aliphatic heterocycles. The number of nitro groups is 1. The van der Waals surface area contributed by atoms with Gasteiger partial charge in [-0.25, -0.2) is 4.98 Å². The van der Waals surface area contributed by atoms with E-state index in [1.807, 2.05) is 6.92 Å². The van der Waals surface area contributed by atoms with Crippen LogP contribution in [0.1, 0.15) is 19.0 Å². The first-order valence-electron chi connectivity index (χ1n) is 7.99. The number of benzene rings is 1. The smallest absolute Gasteiger partial charge is 0.334 e. The maximum atomic E-state index is 11.7. The van der Waals surface area contributed by atoms with Crippen LogP contribution >= 0.6 is 23.2 Å². The van der Waals surface area contributed by atoms with Gasteiger partial charge < -0.3 is 15.4 Å². The van der Waals surface area contributed by atoms with Gasteiger partial charge in [-0.1, -0.05) is 30.1 Å². The molecule has 2 rings (SSSR count). The Bertz CT molecular complexity index is 802. The maximum absolute atomic E-state index is 11.7. The van der Waals surface area contributed by atoms with Gasteiger partial charge in [0.05, 0.1) is 22.2 Å². The number of aromatic nitrogens is 1. The number of nitrogens with one attached hydrogen (secondary N) is 2. The van der Waals surface area contributed by atoms with E-state index in [1.165, 1.54) is 0 Å². The molecule has 7 nitrogen and oxygen atoms in total. The number of anilines is 3. The molecular weight excluding hydrogens is 379 g/mol. The van der Waals surface area contributed by atoms with Gasteiger partial charge in [0.15, 0.2) is 0 Å². The molecule has 140 valence electrons. The quantitative estimate of drug-likeness (QED) is 0.469. The van der Waals surface area contributed by atoms with E-state index in [0.717, 1.165) is 6.42 Å². The number of halogens is 2.